The van der Waals surface area contributed by atoms with E-state index in [1.54, 1.807) is 18.2 Å². The van der Waals surface area contributed by atoms with Gasteiger partial charge < -0.3 is 11.1 Å². The molecule has 2 aromatic carbocycles. The van der Waals surface area contributed by atoms with Gasteiger partial charge in [-0.2, -0.15) is 13.2 Å². The predicted octanol–water partition coefficient (Wildman–Crippen LogP) is 5.58. The highest BCUT2D eigenvalue weighted by atomic mass is 35.5. The Hall–Kier alpha value is -2.35. The Morgan fingerprint density at radius 1 is 1.00 bits per heavy atom. The number of rotatable bonds is 5. The van der Waals surface area contributed by atoms with Gasteiger partial charge in [0, 0.05) is 29.2 Å². The van der Waals surface area contributed by atoms with Crippen LogP contribution < -0.4 is 11.1 Å². The lowest BCUT2D eigenvalue weighted by molar-refractivity contribution is -0.137. The standard InChI is InChI=1S/C19H15Cl2F3N4/c20-13-4-1-11(2-5-13)16(25)9-26-18-8-17(27-10-28-18)12-3-6-14(15(21)7-12)19(22,23)24/h1-8,10,16H,9,25H2,(H,26,27,28)/t16-/m1/s1. The fraction of sp³-hybridized carbons (Fsp3) is 0.158. The van der Waals surface area contributed by atoms with Gasteiger partial charge in [0.2, 0.25) is 0 Å². The van der Waals surface area contributed by atoms with E-state index >= 15 is 0 Å². The number of halogens is 5. The maximum Gasteiger partial charge on any atom is 0.417 e. The van der Waals surface area contributed by atoms with Crippen LogP contribution in [0.4, 0.5) is 19.0 Å². The Kier molecular flexibility index (Phi) is 6.07. The molecule has 0 aliphatic carbocycles. The second kappa shape index (κ2) is 8.34. The second-order valence-corrected chi connectivity index (χ2v) is 6.86. The molecular weight excluding hydrogens is 412 g/mol. The van der Waals surface area contributed by atoms with Crippen molar-refractivity contribution in [2.75, 3.05) is 11.9 Å². The second-order valence-electron chi connectivity index (χ2n) is 6.02. The van der Waals surface area contributed by atoms with Crippen molar-refractivity contribution in [1.82, 2.24) is 9.97 Å². The van der Waals surface area contributed by atoms with E-state index in [1.807, 2.05) is 12.1 Å². The lowest BCUT2D eigenvalue weighted by atomic mass is 10.1. The summed E-state index contributed by atoms with van der Waals surface area (Å²) in [4.78, 5) is 8.21. The topological polar surface area (TPSA) is 63.8 Å². The highest BCUT2D eigenvalue weighted by Crippen LogP contribution is 2.36. The molecule has 1 atom stereocenters. The zero-order chi connectivity index (χ0) is 20.3. The monoisotopic (exact) mass is 426 g/mol. The number of hydrogen-bond donors (Lipinski definition) is 2. The Labute approximate surface area is 169 Å². The number of nitrogens with two attached hydrogens (primary N) is 1. The minimum Gasteiger partial charge on any atom is -0.368 e. The van der Waals surface area contributed by atoms with E-state index in [1.165, 1.54) is 18.5 Å². The lowest BCUT2D eigenvalue weighted by Gasteiger charge is -2.14. The minimum atomic E-state index is -4.51. The van der Waals surface area contributed by atoms with E-state index in [-0.39, 0.29) is 11.1 Å². The fourth-order valence-electron chi connectivity index (χ4n) is 2.56. The summed E-state index contributed by atoms with van der Waals surface area (Å²) >= 11 is 11.6. The Morgan fingerprint density at radius 2 is 1.71 bits per heavy atom. The van der Waals surface area contributed by atoms with E-state index in [9.17, 15) is 13.2 Å². The van der Waals surface area contributed by atoms with Crippen molar-refractivity contribution >= 4 is 29.0 Å². The Morgan fingerprint density at radius 3 is 2.36 bits per heavy atom. The molecule has 0 fully saturated rings. The highest BCUT2D eigenvalue weighted by Gasteiger charge is 2.33. The predicted molar refractivity (Wildman–Crippen MR) is 104 cm³/mol. The molecule has 0 saturated heterocycles. The van der Waals surface area contributed by atoms with Crippen LogP contribution in [0.1, 0.15) is 17.2 Å². The summed E-state index contributed by atoms with van der Waals surface area (Å²) in [5, 5.41) is 3.33. The van der Waals surface area contributed by atoms with Gasteiger partial charge in [0.15, 0.2) is 0 Å². The molecule has 3 rings (SSSR count). The molecule has 0 bridgehead atoms. The maximum atomic E-state index is 12.8. The van der Waals surface area contributed by atoms with E-state index in [4.69, 9.17) is 28.9 Å². The molecule has 0 unspecified atom stereocenters. The first-order valence-electron chi connectivity index (χ1n) is 8.18. The molecule has 0 saturated carbocycles. The first kappa shape index (κ1) is 20.4. The van der Waals surface area contributed by atoms with Crippen LogP contribution in [-0.4, -0.2) is 16.5 Å². The lowest BCUT2D eigenvalue weighted by Crippen LogP contribution is -2.21. The van der Waals surface area contributed by atoms with Gasteiger partial charge in [-0.05, 0) is 29.8 Å². The number of alkyl halides is 3. The maximum absolute atomic E-state index is 12.8. The van der Waals surface area contributed by atoms with Gasteiger partial charge in [-0.25, -0.2) is 9.97 Å². The van der Waals surface area contributed by atoms with Gasteiger partial charge in [0.05, 0.1) is 16.3 Å². The van der Waals surface area contributed by atoms with Crippen molar-refractivity contribution in [3.8, 4) is 11.3 Å². The number of nitrogens with zero attached hydrogens (tertiary/aromatic N) is 2. The van der Waals surface area contributed by atoms with Crippen LogP contribution in [0.2, 0.25) is 10.0 Å². The third kappa shape index (κ3) is 4.92. The van der Waals surface area contributed by atoms with E-state index in [2.05, 4.69) is 15.3 Å². The largest absolute Gasteiger partial charge is 0.417 e. The zero-order valence-electron chi connectivity index (χ0n) is 14.3. The molecule has 0 aliphatic heterocycles. The summed E-state index contributed by atoms with van der Waals surface area (Å²) in [5.74, 6) is 0.491. The SMILES string of the molecule is N[C@H](CNc1cc(-c2ccc(C(F)(F)F)c(Cl)c2)ncn1)c1ccc(Cl)cc1. The van der Waals surface area contributed by atoms with Crippen molar-refractivity contribution in [3.63, 3.8) is 0 Å². The fourth-order valence-corrected chi connectivity index (χ4v) is 2.97. The van der Waals surface area contributed by atoms with Crippen molar-refractivity contribution in [2.24, 2.45) is 5.73 Å². The number of aromatic nitrogens is 2. The van der Waals surface area contributed by atoms with E-state index in [0.717, 1.165) is 11.6 Å². The van der Waals surface area contributed by atoms with Gasteiger partial charge in [-0.3, -0.25) is 0 Å². The number of benzene rings is 2. The highest BCUT2D eigenvalue weighted by molar-refractivity contribution is 6.31. The van der Waals surface area contributed by atoms with Crippen LogP contribution in [0.5, 0.6) is 0 Å². The van der Waals surface area contributed by atoms with Crippen molar-refractivity contribution in [2.45, 2.75) is 12.2 Å². The van der Waals surface area contributed by atoms with Crippen molar-refractivity contribution in [3.05, 3.63) is 76.0 Å². The minimum absolute atomic E-state index is 0.295. The van der Waals surface area contributed by atoms with Gasteiger partial charge in [-0.15, -0.1) is 0 Å². The molecule has 0 spiro atoms. The molecule has 146 valence electrons. The molecule has 3 N–H and O–H groups in total. The molecule has 0 amide bonds. The number of anilines is 1. The van der Waals surface area contributed by atoms with Crippen LogP contribution in [0.3, 0.4) is 0 Å². The molecule has 0 aliphatic rings. The summed E-state index contributed by atoms with van der Waals surface area (Å²) < 4.78 is 38.5. The van der Waals surface area contributed by atoms with Crippen LogP contribution in [-0.2, 0) is 6.18 Å². The average Bonchev–Trinajstić information content (AvgIpc) is 2.66. The normalized spacial score (nSPS) is 12.6. The molecule has 0 radical (unpaired) electrons. The van der Waals surface area contributed by atoms with Gasteiger partial charge >= 0.3 is 6.18 Å². The van der Waals surface area contributed by atoms with Gasteiger partial charge in [-0.1, -0.05) is 41.4 Å². The molecule has 9 heteroatoms. The quantitative estimate of drug-likeness (QED) is 0.558. The number of hydrogen-bond acceptors (Lipinski definition) is 4. The molecule has 1 aromatic heterocycles. The summed E-state index contributed by atoms with van der Waals surface area (Å²) in [6.07, 6.45) is -3.19. The first-order chi connectivity index (χ1) is 13.2. The summed E-state index contributed by atoms with van der Waals surface area (Å²) in [6.45, 7) is 0.395. The van der Waals surface area contributed by atoms with Crippen LogP contribution in [0.15, 0.2) is 54.9 Å². The average molecular weight is 427 g/mol. The molecule has 1 heterocycles. The summed E-state index contributed by atoms with van der Waals surface area (Å²) in [6, 6.07) is 12.0. The smallest absolute Gasteiger partial charge is 0.368 e. The molecular formula is C19H15Cl2F3N4. The van der Waals surface area contributed by atoms with Crippen LogP contribution in [0, 0.1) is 0 Å². The molecule has 3 aromatic rings. The van der Waals surface area contributed by atoms with E-state index < -0.39 is 11.7 Å². The van der Waals surface area contributed by atoms with Gasteiger partial charge in [0.1, 0.15) is 12.1 Å². The molecule has 4 nitrogen and oxygen atoms in total. The Balaban J connectivity index is 1.74. The van der Waals surface area contributed by atoms with Crippen molar-refractivity contribution in [1.29, 1.82) is 0 Å². The summed E-state index contributed by atoms with van der Waals surface area (Å²) in [5.41, 5.74) is 7.05. The van der Waals surface area contributed by atoms with Crippen LogP contribution in [0.25, 0.3) is 11.3 Å². The third-order valence-electron chi connectivity index (χ3n) is 4.04. The Bertz CT molecular complexity index is 962. The van der Waals surface area contributed by atoms with Gasteiger partial charge in [0.25, 0.3) is 0 Å². The molecule has 28 heavy (non-hydrogen) atoms. The van der Waals surface area contributed by atoms with E-state index in [0.29, 0.717) is 28.6 Å². The summed E-state index contributed by atoms with van der Waals surface area (Å²) in [7, 11) is 0. The van der Waals surface area contributed by atoms with Crippen LogP contribution >= 0.6 is 23.2 Å². The van der Waals surface area contributed by atoms with Crippen molar-refractivity contribution < 1.29 is 13.2 Å². The first-order valence-corrected chi connectivity index (χ1v) is 8.94. The zero-order valence-corrected chi connectivity index (χ0v) is 15.9. The third-order valence-corrected chi connectivity index (χ3v) is 4.60. The number of nitrogens with one attached hydrogen (secondary N) is 1.